The number of fused-ring (bicyclic) bond motifs is 3. The van der Waals surface area contributed by atoms with Gasteiger partial charge in [-0.15, -0.1) is 0 Å². The van der Waals surface area contributed by atoms with Gasteiger partial charge in [0.15, 0.2) is 0 Å². The van der Waals surface area contributed by atoms with Gasteiger partial charge in [0.05, 0.1) is 11.0 Å². The van der Waals surface area contributed by atoms with E-state index in [2.05, 4.69) is 162 Å². The first-order chi connectivity index (χ1) is 26.2. The first kappa shape index (κ1) is 32.0. The first-order valence-electron chi connectivity index (χ1n) is 18.0. The molecule has 9 aromatic rings. The van der Waals surface area contributed by atoms with Crippen molar-refractivity contribution in [3.8, 4) is 50.2 Å². The fourth-order valence-corrected chi connectivity index (χ4v) is 7.40. The van der Waals surface area contributed by atoms with E-state index in [9.17, 15) is 0 Å². The molecule has 3 nitrogen and oxygen atoms in total. The number of nitrogens with zero attached hydrogens (tertiary/aromatic N) is 1. The van der Waals surface area contributed by atoms with Crippen LogP contribution in [0.1, 0.15) is 11.1 Å². The first-order valence-corrected chi connectivity index (χ1v) is 18.0. The zero-order valence-corrected chi connectivity index (χ0v) is 29.1. The van der Waals surface area contributed by atoms with E-state index in [1.54, 1.807) is 0 Å². The molecule has 3 heteroatoms. The maximum Gasteiger partial charge on any atom is 0.213 e. The van der Waals surface area contributed by atoms with Gasteiger partial charge in [0, 0.05) is 22.0 Å². The molecule has 0 aliphatic rings. The van der Waals surface area contributed by atoms with Crippen LogP contribution in [0, 0.1) is 5.41 Å². The topological polar surface area (TPSA) is 38.0 Å². The van der Waals surface area contributed by atoms with Crippen molar-refractivity contribution in [2.24, 2.45) is 0 Å². The van der Waals surface area contributed by atoms with Crippen LogP contribution in [0.15, 0.2) is 200 Å². The van der Waals surface area contributed by atoms with Crippen LogP contribution in [-0.2, 0) is 11.3 Å². The third-order valence-electron chi connectivity index (χ3n) is 10.0. The van der Waals surface area contributed by atoms with E-state index >= 15 is 0 Å². The maximum absolute atomic E-state index is 8.55. The summed E-state index contributed by atoms with van der Waals surface area (Å²) in [6.07, 6.45) is 0. The summed E-state index contributed by atoms with van der Waals surface area (Å²) in [5, 5.41) is 11.0. The summed E-state index contributed by atoms with van der Waals surface area (Å²) < 4.78 is 8.29. The summed E-state index contributed by atoms with van der Waals surface area (Å²) in [7, 11) is 0. The van der Waals surface area contributed by atoms with Crippen LogP contribution in [0.4, 0.5) is 0 Å². The molecule has 1 aromatic heterocycles. The van der Waals surface area contributed by atoms with E-state index in [1.165, 1.54) is 49.6 Å². The van der Waals surface area contributed by atoms with Crippen LogP contribution in [0.3, 0.4) is 0 Å². The molecule has 0 atom stereocenters. The molecule has 1 N–H and O–H groups in total. The third-order valence-corrected chi connectivity index (χ3v) is 10.0. The number of ether oxygens (including phenoxy) is 1. The Kier molecular flexibility index (Phi) is 8.43. The zero-order valence-electron chi connectivity index (χ0n) is 29.1. The van der Waals surface area contributed by atoms with Crippen LogP contribution >= 0.6 is 0 Å². The summed E-state index contributed by atoms with van der Waals surface area (Å²) in [6, 6.07) is 70.2. The van der Waals surface area contributed by atoms with Crippen molar-refractivity contribution in [2.45, 2.75) is 6.61 Å². The quantitative estimate of drug-likeness (QED) is 0.126. The van der Waals surface area contributed by atoms with E-state index in [4.69, 9.17) is 10.1 Å². The van der Waals surface area contributed by atoms with Gasteiger partial charge >= 0.3 is 0 Å². The molecule has 0 aliphatic heterocycles. The molecule has 8 aromatic carbocycles. The molecule has 0 unspecified atom stereocenters. The van der Waals surface area contributed by atoms with Gasteiger partial charge in [-0.3, -0.25) is 5.41 Å². The summed E-state index contributed by atoms with van der Waals surface area (Å²) in [5.41, 5.74) is 14.6. The van der Waals surface area contributed by atoms with Crippen LogP contribution in [0.5, 0.6) is 0 Å². The molecule has 9 rings (SSSR count). The number of nitrogens with one attached hydrogen (secondary N) is 1. The van der Waals surface area contributed by atoms with Crippen molar-refractivity contribution in [1.82, 2.24) is 4.57 Å². The molecular formula is C50H36N2O. The molecule has 1 heterocycles. The highest BCUT2D eigenvalue weighted by Gasteiger charge is 2.16. The standard InChI is InChI=1S/C50H36N2O/c51-50(39-29-27-37(28-30-39)36-13-3-1-4-14-36)53-34-35-23-25-38(26-24-35)42-17-7-9-19-44(42)45-20-10-8-18-43(45)40-31-32-49-47(33-40)46-21-11-12-22-48(46)52(49)41-15-5-2-6-16-41/h1-33,51H,34H2. The van der Waals surface area contributed by atoms with Gasteiger partial charge < -0.3 is 9.30 Å². The smallest absolute Gasteiger partial charge is 0.213 e. The van der Waals surface area contributed by atoms with Gasteiger partial charge in [-0.25, -0.2) is 0 Å². The Labute approximate surface area is 309 Å². The van der Waals surface area contributed by atoms with Crippen LogP contribution < -0.4 is 0 Å². The summed E-state index contributed by atoms with van der Waals surface area (Å²) >= 11 is 0. The van der Waals surface area contributed by atoms with Crippen molar-refractivity contribution in [3.63, 3.8) is 0 Å². The van der Waals surface area contributed by atoms with Gasteiger partial charge in [0.2, 0.25) is 5.90 Å². The fraction of sp³-hybridized carbons (Fsp3) is 0.0200. The average molecular weight is 681 g/mol. The van der Waals surface area contributed by atoms with E-state index in [1.807, 2.05) is 42.5 Å². The summed E-state index contributed by atoms with van der Waals surface area (Å²) in [6.45, 7) is 0.327. The molecule has 0 fully saturated rings. The normalized spacial score (nSPS) is 11.2. The molecule has 0 amide bonds. The largest absolute Gasteiger partial charge is 0.473 e. The third kappa shape index (κ3) is 6.19. The lowest BCUT2D eigenvalue weighted by Crippen LogP contribution is -2.05. The van der Waals surface area contributed by atoms with Gasteiger partial charge in [0.1, 0.15) is 6.61 Å². The Morgan fingerprint density at radius 2 is 0.925 bits per heavy atom. The minimum Gasteiger partial charge on any atom is -0.473 e. The second-order valence-corrected chi connectivity index (χ2v) is 13.3. The van der Waals surface area contributed by atoms with E-state index in [0.29, 0.717) is 6.61 Å². The summed E-state index contributed by atoms with van der Waals surface area (Å²) in [5.74, 6) is 0.165. The van der Waals surface area contributed by atoms with Crippen molar-refractivity contribution < 1.29 is 4.74 Å². The number of rotatable bonds is 8. The van der Waals surface area contributed by atoms with Crippen LogP contribution in [-0.4, -0.2) is 10.5 Å². The van der Waals surface area contributed by atoms with Crippen molar-refractivity contribution in [3.05, 3.63) is 211 Å². The second-order valence-electron chi connectivity index (χ2n) is 13.3. The van der Waals surface area contributed by atoms with Gasteiger partial charge in [-0.2, -0.15) is 0 Å². The predicted molar refractivity (Wildman–Crippen MR) is 221 cm³/mol. The van der Waals surface area contributed by atoms with E-state index in [-0.39, 0.29) is 5.90 Å². The molecule has 0 bridgehead atoms. The van der Waals surface area contributed by atoms with Crippen LogP contribution in [0.2, 0.25) is 0 Å². The Hall–Kier alpha value is -6.97. The minimum absolute atomic E-state index is 0.165. The lowest BCUT2D eigenvalue weighted by Gasteiger charge is -2.15. The fourth-order valence-electron chi connectivity index (χ4n) is 7.40. The van der Waals surface area contributed by atoms with Gasteiger partial charge in [-0.1, -0.05) is 158 Å². The van der Waals surface area contributed by atoms with Gasteiger partial charge in [0.25, 0.3) is 0 Å². The van der Waals surface area contributed by atoms with Crippen molar-refractivity contribution in [2.75, 3.05) is 0 Å². The molecule has 0 aliphatic carbocycles. The average Bonchev–Trinajstić information content (AvgIpc) is 3.57. The monoisotopic (exact) mass is 680 g/mol. The van der Waals surface area contributed by atoms with Gasteiger partial charge in [-0.05, 0) is 92.5 Å². The highest BCUT2D eigenvalue weighted by atomic mass is 16.5. The number of aromatic nitrogens is 1. The molecule has 0 radical (unpaired) electrons. The highest BCUT2D eigenvalue weighted by molar-refractivity contribution is 6.11. The predicted octanol–water partition coefficient (Wildman–Crippen LogP) is 13.0. The second kappa shape index (κ2) is 14.0. The zero-order chi connectivity index (χ0) is 35.6. The van der Waals surface area contributed by atoms with Crippen LogP contribution in [0.25, 0.3) is 72.0 Å². The number of para-hydroxylation sites is 2. The molecular weight excluding hydrogens is 645 g/mol. The maximum atomic E-state index is 8.55. The Balaban J connectivity index is 0.991. The Bertz CT molecular complexity index is 2710. The van der Waals surface area contributed by atoms with E-state index < -0.39 is 0 Å². The molecule has 53 heavy (non-hydrogen) atoms. The minimum atomic E-state index is 0.165. The molecule has 0 saturated carbocycles. The lowest BCUT2D eigenvalue weighted by molar-refractivity contribution is 0.291. The molecule has 252 valence electrons. The highest BCUT2D eigenvalue weighted by Crippen LogP contribution is 2.40. The van der Waals surface area contributed by atoms with E-state index in [0.717, 1.165) is 33.5 Å². The Morgan fingerprint density at radius 1 is 0.415 bits per heavy atom. The van der Waals surface area contributed by atoms with Crippen molar-refractivity contribution in [1.29, 1.82) is 5.41 Å². The molecule has 0 saturated heterocycles. The Morgan fingerprint density at radius 3 is 1.62 bits per heavy atom. The lowest BCUT2D eigenvalue weighted by atomic mass is 9.89. The summed E-state index contributed by atoms with van der Waals surface area (Å²) in [4.78, 5) is 0. The molecule has 0 spiro atoms. The number of benzene rings is 8. The SMILES string of the molecule is N=C(OCc1ccc(-c2ccccc2-c2ccccc2-c2ccc3c(c2)c2ccccc2n3-c2ccccc2)cc1)c1ccc(-c2ccccc2)cc1. The van der Waals surface area contributed by atoms with Crippen molar-refractivity contribution >= 4 is 27.7 Å². The number of hydrogen-bond donors (Lipinski definition) is 1. The number of hydrogen-bond acceptors (Lipinski definition) is 2.